The van der Waals surface area contributed by atoms with Crippen LogP contribution in [0.3, 0.4) is 0 Å². The minimum absolute atomic E-state index is 0.110. The van der Waals surface area contributed by atoms with Gasteiger partial charge in [-0.2, -0.15) is 0 Å². The molecule has 0 bridgehead atoms. The first-order valence-corrected chi connectivity index (χ1v) is 6.59. The van der Waals surface area contributed by atoms with Crippen molar-refractivity contribution in [3.63, 3.8) is 0 Å². The first-order chi connectivity index (χ1) is 8.84. The Labute approximate surface area is 108 Å². The number of carbonyl (C=O) groups is 1. The molecule has 0 spiro atoms. The fourth-order valence-electron chi connectivity index (χ4n) is 2.16. The lowest BCUT2D eigenvalue weighted by Crippen LogP contribution is -2.29. The average Bonchev–Trinajstić information content (AvgIpc) is 2.89. The Morgan fingerprint density at radius 3 is 2.89 bits per heavy atom. The summed E-state index contributed by atoms with van der Waals surface area (Å²) in [6.45, 7) is 2.72. The summed E-state index contributed by atoms with van der Waals surface area (Å²) >= 11 is 0. The van der Waals surface area contributed by atoms with Crippen LogP contribution in [0.25, 0.3) is 0 Å². The number of rotatable bonds is 6. The highest BCUT2D eigenvalue weighted by molar-refractivity contribution is 5.78. The van der Waals surface area contributed by atoms with Gasteiger partial charge in [-0.05, 0) is 18.4 Å². The van der Waals surface area contributed by atoms with Crippen molar-refractivity contribution in [3.8, 4) is 0 Å². The molecule has 1 aliphatic rings. The molecule has 0 unspecified atom stereocenters. The van der Waals surface area contributed by atoms with E-state index in [0.29, 0.717) is 12.5 Å². The van der Waals surface area contributed by atoms with Crippen molar-refractivity contribution in [3.05, 3.63) is 35.9 Å². The second kappa shape index (κ2) is 7.13. The minimum Gasteiger partial charge on any atom is -0.356 e. The molecule has 4 heteroatoms. The van der Waals surface area contributed by atoms with E-state index in [4.69, 9.17) is 0 Å². The van der Waals surface area contributed by atoms with Gasteiger partial charge in [-0.25, -0.2) is 0 Å². The van der Waals surface area contributed by atoms with Crippen LogP contribution in [0, 0.1) is 0 Å². The molecule has 4 nitrogen and oxygen atoms in total. The fraction of sp³-hybridized carbons (Fsp3) is 0.500. The molecular weight excluding hydrogens is 226 g/mol. The van der Waals surface area contributed by atoms with E-state index in [1.54, 1.807) is 0 Å². The van der Waals surface area contributed by atoms with Gasteiger partial charge in [0.15, 0.2) is 0 Å². The first-order valence-electron chi connectivity index (χ1n) is 6.59. The number of nitrogens with one attached hydrogen (secondary N) is 3. The van der Waals surface area contributed by atoms with Gasteiger partial charge in [0.25, 0.3) is 0 Å². The predicted molar refractivity (Wildman–Crippen MR) is 72.2 cm³/mol. The van der Waals surface area contributed by atoms with Gasteiger partial charge in [-0.1, -0.05) is 30.3 Å². The molecule has 18 heavy (non-hydrogen) atoms. The second-order valence-electron chi connectivity index (χ2n) is 4.69. The van der Waals surface area contributed by atoms with Gasteiger partial charge in [0, 0.05) is 25.8 Å². The van der Waals surface area contributed by atoms with Crippen LogP contribution in [0.2, 0.25) is 0 Å². The third kappa shape index (κ3) is 4.47. The van der Waals surface area contributed by atoms with E-state index >= 15 is 0 Å². The molecule has 1 saturated heterocycles. The van der Waals surface area contributed by atoms with Crippen molar-refractivity contribution in [2.75, 3.05) is 19.8 Å². The van der Waals surface area contributed by atoms with Crippen molar-refractivity contribution < 1.29 is 4.79 Å². The molecule has 1 aromatic rings. The lowest BCUT2D eigenvalue weighted by molar-refractivity contribution is -0.120. The Bertz CT molecular complexity index is 361. The molecule has 3 N–H and O–H groups in total. The molecule has 98 valence electrons. The van der Waals surface area contributed by atoms with E-state index in [1.807, 2.05) is 30.3 Å². The van der Waals surface area contributed by atoms with Crippen LogP contribution >= 0.6 is 0 Å². The minimum atomic E-state index is 0.110. The number of amides is 1. The van der Waals surface area contributed by atoms with E-state index in [1.165, 1.54) is 0 Å². The zero-order chi connectivity index (χ0) is 12.6. The highest BCUT2D eigenvalue weighted by Gasteiger charge is 2.12. The van der Waals surface area contributed by atoms with Crippen molar-refractivity contribution >= 4 is 5.91 Å². The third-order valence-corrected chi connectivity index (χ3v) is 3.17. The SMILES string of the molecule is O=C(Cc1ccccc1)NCCC[C@H]1CNCN1. The predicted octanol–water partition coefficient (Wildman–Crippen LogP) is 0.644. The Morgan fingerprint density at radius 1 is 1.33 bits per heavy atom. The third-order valence-electron chi connectivity index (χ3n) is 3.17. The van der Waals surface area contributed by atoms with Crippen LogP contribution in [0.4, 0.5) is 0 Å². The van der Waals surface area contributed by atoms with E-state index in [9.17, 15) is 4.79 Å². The molecule has 1 aromatic carbocycles. The van der Waals surface area contributed by atoms with Crippen molar-refractivity contribution in [1.82, 2.24) is 16.0 Å². The summed E-state index contributed by atoms with van der Waals surface area (Å²) in [4.78, 5) is 11.7. The van der Waals surface area contributed by atoms with E-state index in [-0.39, 0.29) is 5.91 Å². The topological polar surface area (TPSA) is 53.2 Å². The smallest absolute Gasteiger partial charge is 0.224 e. The summed E-state index contributed by atoms with van der Waals surface area (Å²) < 4.78 is 0. The average molecular weight is 247 g/mol. The standard InChI is InChI=1S/C14H21N3O/c18-14(9-12-5-2-1-3-6-12)16-8-4-7-13-10-15-11-17-13/h1-3,5-6,13,15,17H,4,7-11H2,(H,16,18)/t13-/m0/s1. The van der Waals surface area contributed by atoms with E-state index in [0.717, 1.165) is 38.2 Å². The van der Waals surface area contributed by atoms with Gasteiger partial charge >= 0.3 is 0 Å². The molecule has 0 aromatic heterocycles. The molecule has 0 aliphatic carbocycles. The highest BCUT2D eigenvalue weighted by atomic mass is 16.1. The second-order valence-corrected chi connectivity index (χ2v) is 4.69. The zero-order valence-corrected chi connectivity index (χ0v) is 10.6. The summed E-state index contributed by atoms with van der Waals surface area (Å²) in [5.41, 5.74) is 1.07. The number of hydrogen-bond donors (Lipinski definition) is 3. The van der Waals surface area contributed by atoms with Gasteiger partial charge in [0.05, 0.1) is 6.42 Å². The number of benzene rings is 1. The van der Waals surface area contributed by atoms with Crippen LogP contribution < -0.4 is 16.0 Å². The fourth-order valence-corrected chi connectivity index (χ4v) is 2.16. The van der Waals surface area contributed by atoms with Crippen LogP contribution in [-0.2, 0) is 11.2 Å². The largest absolute Gasteiger partial charge is 0.356 e. The maximum absolute atomic E-state index is 11.7. The van der Waals surface area contributed by atoms with Crippen LogP contribution in [-0.4, -0.2) is 31.7 Å². The summed E-state index contributed by atoms with van der Waals surface area (Å²) in [5, 5.41) is 9.58. The summed E-state index contributed by atoms with van der Waals surface area (Å²) in [6.07, 6.45) is 2.61. The molecular formula is C14H21N3O. The van der Waals surface area contributed by atoms with Crippen LogP contribution in [0.5, 0.6) is 0 Å². The van der Waals surface area contributed by atoms with Crippen molar-refractivity contribution in [1.29, 1.82) is 0 Å². The van der Waals surface area contributed by atoms with Crippen LogP contribution in [0.15, 0.2) is 30.3 Å². The van der Waals surface area contributed by atoms with Gasteiger partial charge in [0.2, 0.25) is 5.91 Å². The van der Waals surface area contributed by atoms with E-state index < -0.39 is 0 Å². The molecule has 1 atom stereocenters. The normalized spacial score (nSPS) is 18.8. The summed E-state index contributed by atoms with van der Waals surface area (Å²) in [5.74, 6) is 0.110. The zero-order valence-electron chi connectivity index (χ0n) is 10.6. The molecule has 1 amide bonds. The van der Waals surface area contributed by atoms with Gasteiger partial charge in [0.1, 0.15) is 0 Å². The maximum atomic E-state index is 11.7. The molecule has 1 fully saturated rings. The van der Waals surface area contributed by atoms with Gasteiger partial charge in [-0.15, -0.1) is 0 Å². The Kier molecular flexibility index (Phi) is 5.17. The highest BCUT2D eigenvalue weighted by Crippen LogP contribution is 2.00. The van der Waals surface area contributed by atoms with Crippen LogP contribution in [0.1, 0.15) is 18.4 Å². The number of carbonyl (C=O) groups excluding carboxylic acids is 1. The first kappa shape index (κ1) is 13.1. The molecule has 1 aliphatic heterocycles. The van der Waals surface area contributed by atoms with E-state index in [2.05, 4.69) is 16.0 Å². The molecule has 0 saturated carbocycles. The maximum Gasteiger partial charge on any atom is 0.224 e. The monoisotopic (exact) mass is 247 g/mol. The lowest BCUT2D eigenvalue weighted by Gasteiger charge is -2.09. The molecule has 1 heterocycles. The summed E-state index contributed by atoms with van der Waals surface area (Å²) in [7, 11) is 0. The summed E-state index contributed by atoms with van der Waals surface area (Å²) in [6, 6.07) is 10.4. The van der Waals surface area contributed by atoms with Gasteiger partial charge in [-0.3, -0.25) is 4.79 Å². The molecule has 0 radical (unpaired) electrons. The van der Waals surface area contributed by atoms with Gasteiger partial charge < -0.3 is 16.0 Å². The Morgan fingerprint density at radius 2 is 2.17 bits per heavy atom. The molecule has 2 rings (SSSR count). The van der Waals surface area contributed by atoms with Crippen molar-refractivity contribution in [2.45, 2.75) is 25.3 Å². The number of hydrogen-bond acceptors (Lipinski definition) is 3. The van der Waals surface area contributed by atoms with Crippen molar-refractivity contribution in [2.24, 2.45) is 0 Å². The lowest BCUT2D eigenvalue weighted by atomic mass is 10.1. The Balaban J connectivity index is 1.57. The Hall–Kier alpha value is -1.39. The quantitative estimate of drug-likeness (QED) is 0.647.